The summed E-state index contributed by atoms with van der Waals surface area (Å²) in [5.74, 6) is -2.11. The van der Waals surface area contributed by atoms with E-state index < -0.39 is 29.3 Å². The molecule has 1 unspecified atom stereocenters. The molecule has 0 aromatic heterocycles. The molecular weight excluding hydrogens is 473 g/mol. The fraction of sp³-hybridized carbons (Fsp3) is 0.267. The van der Waals surface area contributed by atoms with Gasteiger partial charge in [0.2, 0.25) is 0 Å². The smallest absolute Gasteiger partial charge is 0.300 e. The van der Waals surface area contributed by atoms with Crippen molar-refractivity contribution >= 4 is 23.1 Å². The number of ether oxygens (including phenoxy) is 2. The lowest BCUT2D eigenvalue weighted by Gasteiger charge is -2.27. The number of nitrogens with zero attached hydrogens (tertiary/aromatic N) is 1. The van der Waals surface area contributed by atoms with Crippen molar-refractivity contribution in [1.82, 2.24) is 0 Å². The fourth-order valence-corrected chi connectivity index (χ4v) is 4.48. The molecule has 4 rings (SSSR count). The standard InChI is InChI=1S/C30H30FNO5/c1-6-37-22-9-7-8-21(17-22)32-26(18-10-12-19(13-11-18)30(2,3)4)25(28(34)29(32)35)27(33)23-16-20(31)14-15-24(23)36-5/h7-17,26,33H,6H2,1-5H3/b27-25+. The number of hydrogen-bond donors (Lipinski definition) is 1. The van der Waals surface area contributed by atoms with Gasteiger partial charge in [-0.1, -0.05) is 51.1 Å². The van der Waals surface area contributed by atoms with Crippen molar-refractivity contribution in [2.45, 2.75) is 39.2 Å². The van der Waals surface area contributed by atoms with E-state index in [-0.39, 0.29) is 22.3 Å². The van der Waals surface area contributed by atoms with Crippen LogP contribution in [0, 0.1) is 5.82 Å². The molecule has 6 nitrogen and oxygen atoms in total. The molecule has 1 aliphatic heterocycles. The third kappa shape index (κ3) is 4.94. The predicted molar refractivity (Wildman–Crippen MR) is 140 cm³/mol. The molecule has 1 N–H and O–H groups in total. The lowest BCUT2D eigenvalue weighted by Crippen LogP contribution is -2.29. The average molecular weight is 504 g/mol. The molecule has 192 valence electrons. The number of amides is 1. The zero-order valence-electron chi connectivity index (χ0n) is 21.5. The summed E-state index contributed by atoms with van der Waals surface area (Å²) in [6.45, 7) is 8.54. The second kappa shape index (κ2) is 10.1. The van der Waals surface area contributed by atoms with E-state index in [4.69, 9.17) is 9.47 Å². The fourth-order valence-electron chi connectivity index (χ4n) is 4.48. The molecule has 1 atom stereocenters. The molecule has 0 spiro atoms. The van der Waals surface area contributed by atoms with E-state index >= 15 is 0 Å². The molecule has 0 aliphatic carbocycles. The largest absolute Gasteiger partial charge is 0.507 e. The summed E-state index contributed by atoms with van der Waals surface area (Å²) in [5, 5.41) is 11.4. The molecule has 7 heteroatoms. The van der Waals surface area contributed by atoms with Crippen molar-refractivity contribution in [3.05, 3.63) is 94.8 Å². The number of ketones is 1. The Bertz CT molecular complexity index is 1370. The van der Waals surface area contributed by atoms with Gasteiger partial charge in [0, 0.05) is 11.8 Å². The summed E-state index contributed by atoms with van der Waals surface area (Å²) in [7, 11) is 1.38. The quantitative estimate of drug-likeness (QED) is 0.248. The minimum atomic E-state index is -0.959. The van der Waals surface area contributed by atoms with Crippen molar-refractivity contribution in [2.24, 2.45) is 0 Å². The number of hydrogen-bond acceptors (Lipinski definition) is 5. The van der Waals surface area contributed by atoms with Gasteiger partial charge in [0.25, 0.3) is 11.7 Å². The van der Waals surface area contributed by atoms with Gasteiger partial charge in [-0.05, 0) is 53.8 Å². The Morgan fingerprint density at radius 3 is 2.35 bits per heavy atom. The Balaban J connectivity index is 1.96. The summed E-state index contributed by atoms with van der Waals surface area (Å²) in [4.78, 5) is 28.2. The Kier molecular flexibility index (Phi) is 7.07. The molecule has 0 radical (unpaired) electrons. The number of aliphatic hydroxyl groups is 1. The third-order valence-corrected chi connectivity index (χ3v) is 6.36. The minimum absolute atomic E-state index is 0.0140. The highest BCUT2D eigenvalue weighted by Gasteiger charge is 2.47. The van der Waals surface area contributed by atoms with Crippen LogP contribution in [0.4, 0.5) is 10.1 Å². The van der Waals surface area contributed by atoms with Gasteiger partial charge < -0.3 is 14.6 Å². The van der Waals surface area contributed by atoms with Gasteiger partial charge in [0.05, 0.1) is 30.9 Å². The van der Waals surface area contributed by atoms with Crippen LogP contribution in [-0.4, -0.2) is 30.5 Å². The highest BCUT2D eigenvalue weighted by atomic mass is 19.1. The van der Waals surface area contributed by atoms with Crippen LogP contribution in [0.1, 0.15) is 50.4 Å². The second-order valence-corrected chi connectivity index (χ2v) is 9.82. The van der Waals surface area contributed by atoms with Crippen LogP contribution in [0.2, 0.25) is 0 Å². The molecule has 37 heavy (non-hydrogen) atoms. The van der Waals surface area contributed by atoms with E-state index in [2.05, 4.69) is 20.8 Å². The van der Waals surface area contributed by atoms with Gasteiger partial charge in [0.15, 0.2) is 0 Å². The van der Waals surface area contributed by atoms with Crippen LogP contribution >= 0.6 is 0 Å². The highest BCUT2D eigenvalue weighted by Crippen LogP contribution is 2.44. The first-order valence-electron chi connectivity index (χ1n) is 12.0. The van der Waals surface area contributed by atoms with Gasteiger partial charge >= 0.3 is 0 Å². The minimum Gasteiger partial charge on any atom is -0.507 e. The lowest BCUT2D eigenvalue weighted by atomic mass is 9.85. The molecule has 1 fully saturated rings. The summed E-state index contributed by atoms with van der Waals surface area (Å²) >= 11 is 0. The number of benzene rings is 3. The Labute approximate surface area is 215 Å². The number of anilines is 1. The van der Waals surface area contributed by atoms with Gasteiger partial charge in [-0.15, -0.1) is 0 Å². The van der Waals surface area contributed by atoms with E-state index in [0.29, 0.717) is 23.6 Å². The zero-order valence-corrected chi connectivity index (χ0v) is 21.5. The maximum atomic E-state index is 14.2. The van der Waals surface area contributed by atoms with E-state index in [0.717, 1.165) is 11.6 Å². The van der Waals surface area contributed by atoms with Crippen molar-refractivity contribution in [1.29, 1.82) is 0 Å². The molecule has 0 bridgehead atoms. The topological polar surface area (TPSA) is 76.1 Å². The molecular formula is C30H30FNO5. The van der Waals surface area contributed by atoms with Crippen LogP contribution in [0.25, 0.3) is 5.76 Å². The summed E-state index contributed by atoms with van der Waals surface area (Å²) in [6.07, 6.45) is 0. The van der Waals surface area contributed by atoms with Crippen molar-refractivity contribution in [3.63, 3.8) is 0 Å². The van der Waals surface area contributed by atoms with Crippen molar-refractivity contribution in [3.8, 4) is 11.5 Å². The third-order valence-electron chi connectivity index (χ3n) is 6.36. The first-order valence-corrected chi connectivity index (χ1v) is 12.0. The number of rotatable bonds is 6. The molecule has 3 aromatic carbocycles. The average Bonchev–Trinajstić information content (AvgIpc) is 3.13. The number of Topliss-reactive ketones (excluding diaryl/α,β-unsaturated/α-hetero) is 1. The molecule has 1 aliphatic rings. The van der Waals surface area contributed by atoms with Crippen LogP contribution in [0.3, 0.4) is 0 Å². The Hall–Kier alpha value is -4.13. The lowest BCUT2D eigenvalue weighted by molar-refractivity contribution is -0.132. The Morgan fingerprint density at radius 1 is 1.03 bits per heavy atom. The van der Waals surface area contributed by atoms with Gasteiger partial charge in [-0.2, -0.15) is 0 Å². The van der Waals surface area contributed by atoms with Gasteiger partial charge in [-0.25, -0.2) is 4.39 Å². The molecule has 3 aromatic rings. The summed E-state index contributed by atoms with van der Waals surface area (Å²) in [5.41, 5.74) is 1.84. The van der Waals surface area contributed by atoms with Crippen LogP contribution in [0.15, 0.2) is 72.3 Å². The van der Waals surface area contributed by atoms with Gasteiger partial charge in [0.1, 0.15) is 23.1 Å². The van der Waals surface area contributed by atoms with Crippen molar-refractivity contribution < 1.29 is 28.6 Å². The SMILES string of the molecule is CCOc1cccc(N2C(=O)C(=O)/C(=C(/O)c3cc(F)ccc3OC)C2c2ccc(C(C)(C)C)cc2)c1. The highest BCUT2D eigenvalue weighted by molar-refractivity contribution is 6.51. The summed E-state index contributed by atoms with van der Waals surface area (Å²) < 4.78 is 25.1. The second-order valence-electron chi connectivity index (χ2n) is 9.82. The normalized spacial score (nSPS) is 17.2. The van der Waals surface area contributed by atoms with E-state index in [1.807, 2.05) is 31.2 Å². The van der Waals surface area contributed by atoms with Crippen molar-refractivity contribution in [2.75, 3.05) is 18.6 Å². The van der Waals surface area contributed by atoms with E-state index in [1.165, 1.54) is 24.1 Å². The zero-order chi connectivity index (χ0) is 26.9. The predicted octanol–water partition coefficient (Wildman–Crippen LogP) is 6.16. The van der Waals surface area contributed by atoms with E-state index in [1.54, 1.807) is 24.3 Å². The maximum absolute atomic E-state index is 14.2. The maximum Gasteiger partial charge on any atom is 0.300 e. The number of carbonyl (C=O) groups is 2. The van der Waals surface area contributed by atoms with E-state index in [9.17, 15) is 19.1 Å². The van der Waals surface area contributed by atoms with Crippen LogP contribution in [-0.2, 0) is 15.0 Å². The monoisotopic (exact) mass is 503 g/mol. The number of aliphatic hydroxyl groups excluding tert-OH is 1. The van der Waals surface area contributed by atoms with Crippen LogP contribution in [0.5, 0.6) is 11.5 Å². The Morgan fingerprint density at radius 2 is 1.73 bits per heavy atom. The molecule has 1 amide bonds. The summed E-state index contributed by atoms with van der Waals surface area (Å²) in [6, 6.07) is 17.1. The molecule has 1 saturated heterocycles. The van der Waals surface area contributed by atoms with Crippen LogP contribution < -0.4 is 14.4 Å². The van der Waals surface area contributed by atoms with Gasteiger partial charge in [-0.3, -0.25) is 14.5 Å². The molecule has 0 saturated carbocycles. The first-order chi connectivity index (χ1) is 17.6. The first kappa shape index (κ1) is 25.9. The number of methoxy groups -OCH3 is 1. The number of carbonyl (C=O) groups excluding carboxylic acids is 2. The molecule has 1 heterocycles. The number of halogens is 1.